The van der Waals surface area contributed by atoms with Crippen LogP contribution in [0.3, 0.4) is 0 Å². The lowest BCUT2D eigenvalue weighted by Crippen LogP contribution is -2.40. The number of hydrogen-bond acceptors (Lipinski definition) is 6. The molecule has 1 aliphatic carbocycles. The quantitative estimate of drug-likeness (QED) is 0.460. The van der Waals surface area contributed by atoms with Crippen molar-refractivity contribution in [2.45, 2.75) is 77.2 Å². The van der Waals surface area contributed by atoms with Gasteiger partial charge >= 0.3 is 0 Å². The van der Waals surface area contributed by atoms with Gasteiger partial charge in [-0.1, -0.05) is 39.7 Å². The number of nitrogens with zero attached hydrogens (tertiary/aromatic N) is 5. The zero-order valence-electron chi connectivity index (χ0n) is 19.6. The minimum absolute atomic E-state index is 0.180. The summed E-state index contributed by atoms with van der Waals surface area (Å²) in [7, 11) is -1.80. The lowest BCUT2D eigenvalue weighted by atomic mass is 10.2. The van der Waals surface area contributed by atoms with Gasteiger partial charge in [-0.15, -0.1) is 0 Å². The van der Waals surface area contributed by atoms with E-state index in [-0.39, 0.29) is 5.04 Å². The summed E-state index contributed by atoms with van der Waals surface area (Å²) in [6.45, 7) is 11.8. The SMILES string of the molecule is CC(C)(C)[Si](C)(C)OCc1ccc(Nc2ncc3cc(C#N)n(C4CCCC4)c3n2)nc1. The molecule has 1 aliphatic rings. The summed E-state index contributed by atoms with van der Waals surface area (Å²) in [5.74, 6) is 1.16. The highest BCUT2D eigenvalue weighted by Gasteiger charge is 2.37. The van der Waals surface area contributed by atoms with Crippen LogP contribution in [0.25, 0.3) is 11.0 Å². The molecule has 0 bridgehead atoms. The summed E-state index contributed by atoms with van der Waals surface area (Å²) in [5.41, 5.74) is 2.51. The summed E-state index contributed by atoms with van der Waals surface area (Å²) in [6.07, 6.45) is 8.18. The molecule has 0 radical (unpaired) electrons. The third-order valence-corrected chi connectivity index (χ3v) is 11.3. The molecule has 0 saturated heterocycles. The Morgan fingerprint density at radius 3 is 2.56 bits per heavy atom. The van der Waals surface area contributed by atoms with Gasteiger partial charge in [0, 0.05) is 23.8 Å². The minimum Gasteiger partial charge on any atom is -0.413 e. The fraction of sp³-hybridized carbons (Fsp3) is 0.500. The van der Waals surface area contributed by atoms with Gasteiger partial charge in [0.05, 0.1) is 6.61 Å². The van der Waals surface area contributed by atoms with Crippen LogP contribution in [0.4, 0.5) is 11.8 Å². The second kappa shape index (κ2) is 8.64. The fourth-order valence-corrected chi connectivity index (χ4v) is 4.83. The molecule has 0 amide bonds. The van der Waals surface area contributed by atoms with Crippen molar-refractivity contribution in [1.29, 1.82) is 5.26 Å². The average Bonchev–Trinajstić information content (AvgIpc) is 3.39. The molecule has 1 fully saturated rings. The molecule has 32 heavy (non-hydrogen) atoms. The topological polar surface area (TPSA) is 88.6 Å². The number of aromatic nitrogens is 4. The first kappa shape index (κ1) is 22.4. The molecule has 3 aromatic heterocycles. The summed E-state index contributed by atoms with van der Waals surface area (Å²) in [6, 6.07) is 8.49. The molecule has 1 N–H and O–H groups in total. The van der Waals surface area contributed by atoms with Crippen molar-refractivity contribution in [3.05, 3.63) is 41.9 Å². The summed E-state index contributed by atoms with van der Waals surface area (Å²) in [5, 5.41) is 13.9. The van der Waals surface area contributed by atoms with Crippen LogP contribution in [0.1, 0.15) is 63.8 Å². The van der Waals surface area contributed by atoms with E-state index in [1.165, 1.54) is 12.8 Å². The lowest BCUT2D eigenvalue weighted by molar-refractivity contribution is 0.276. The average molecular weight is 449 g/mol. The molecule has 7 nitrogen and oxygen atoms in total. The van der Waals surface area contributed by atoms with Crippen LogP contribution in [0.5, 0.6) is 0 Å². The predicted molar refractivity (Wildman–Crippen MR) is 129 cm³/mol. The first-order valence-corrected chi connectivity index (χ1v) is 14.2. The maximum Gasteiger partial charge on any atom is 0.230 e. The second-order valence-electron chi connectivity index (χ2n) is 10.1. The largest absolute Gasteiger partial charge is 0.413 e. The highest BCUT2D eigenvalue weighted by molar-refractivity contribution is 6.74. The van der Waals surface area contributed by atoms with E-state index in [1.54, 1.807) is 6.20 Å². The van der Waals surface area contributed by atoms with Gasteiger partial charge in [0.25, 0.3) is 0 Å². The number of hydrogen-bond donors (Lipinski definition) is 1. The maximum absolute atomic E-state index is 9.60. The van der Waals surface area contributed by atoms with E-state index in [1.807, 2.05) is 24.4 Å². The van der Waals surface area contributed by atoms with Gasteiger partial charge in [-0.2, -0.15) is 10.2 Å². The molecular formula is C24H32N6OSi. The maximum atomic E-state index is 9.60. The summed E-state index contributed by atoms with van der Waals surface area (Å²) in [4.78, 5) is 13.7. The van der Waals surface area contributed by atoms with Crippen LogP contribution in [0, 0.1) is 11.3 Å². The third kappa shape index (κ3) is 4.54. The van der Waals surface area contributed by atoms with E-state index in [0.29, 0.717) is 30.1 Å². The van der Waals surface area contributed by atoms with Crippen molar-refractivity contribution < 1.29 is 4.43 Å². The molecule has 0 aliphatic heterocycles. The van der Waals surface area contributed by atoms with Crippen LogP contribution >= 0.6 is 0 Å². The van der Waals surface area contributed by atoms with Gasteiger partial charge in [0.2, 0.25) is 5.95 Å². The van der Waals surface area contributed by atoms with Gasteiger partial charge in [-0.3, -0.25) is 0 Å². The Morgan fingerprint density at radius 2 is 1.94 bits per heavy atom. The van der Waals surface area contributed by atoms with E-state index < -0.39 is 8.32 Å². The number of nitrogens with one attached hydrogen (secondary N) is 1. The standard InChI is InChI=1S/C24H32N6OSi/c1-24(2,3)32(4,5)31-16-17-10-11-21(26-14-17)28-23-27-15-18-12-20(13-25)30(22(18)29-23)19-8-6-7-9-19/h10-12,14-15,19H,6-9,16H2,1-5H3,(H,26,27,28,29). The molecule has 0 unspecified atom stereocenters. The molecule has 168 valence electrons. The van der Waals surface area contributed by atoms with Gasteiger partial charge in [0.1, 0.15) is 23.2 Å². The Labute approximate surface area is 191 Å². The Kier molecular flexibility index (Phi) is 6.06. The van der Waals surface area contributed by atoms with Gasteiger partial charge in [-0.25, -0.2) is 9.97 Å². The Bertz CT molecular complexity index is 1130. The Balaban J connectivity index is 1.50. The molecule has 3 heterocycles. The summed E-state index contributed by atoms with van der Waals surface area (Å²) >= 11 is 0. The van der Waals surface area contributed by atoms with Crippen LogP contribution in [-0.2, 0) is 11.0 Å². The highest BCUT2D eigenvalue weighted by atomic mass is 28.4. The predicted octanol–water partition coefficient (Wildman–Crippen LogP) is 6.08. The molecule has 1 saturated carbocycles. The second-order valence-corrected chi connectivity index (χ2v) is 15.0. The monoisotopic (exact) mass is 448 g/mol. The van der Waals surface area contributed by atoms with Crippen molar-refractivity contribution >= 4 is 31.1 Å². The van der Waals surface area contributed by atoms with Crippen molar-refractivity contribution in [2.24, 2.45) is 0 Å². The van der Waals surface area contributed by atoms with Crippen LogP contribution in [0.2, 0.25) is 18.1 Å². The number of pyridine rings is 1. The number of rotatable bonds is 6. The normalized spacial score (nSPS) is 15.2. The first-order chi connectivity index (χ1) is 15.2. The van der Waals surface area contributed by atoms with Crippen molar-refractivity contribution in [1.82, 2.24) is 19.5 Å². The molecule has 8 heteroatoms. The Hall–Kier alpha value is -2.76. The Morgan fingerprint density at radius 1 is 1.19 bits per heavy atom. The molecule has 0 atom stereocenters. The van der Waals surface area contributed by atoms with Crippen molar-refractivity contribution in [3.8, 4) is 6.07 Å². The molecule has 0 aromatic carbocycles. The van der Waals surface area contributed by atoms with Gasteiger partial charge in [-0.05, 0) is 48.7 Å². The van der Waals surface area contributed by atoms with Crippen LogP contribution in [-0.4, -0.2) is 27.8 Å². The van der Waals surface area contributed by atoms with E-state index in [0.717, 1.165) is 29.4 Å². The molecule has 4 rings (SSSR count). The third-order valence-electron chi connectivity index (χ3n) is 6.85. The highest BCUT2D eigenvalue weighted by Crippen LogP contribution is 2.37. The molecular weight excluding hydrogens is 416 g/mol. The van der Waals surface area contributed by atoms with Crippen LogP contribution in [0.15, 0.2) is 30.6 Å². The van der Waals surface area contributed by atoms with Crippen molar-refractivity contribution in [2.75, 3.05) is 5.32 Å². The lowest BCUT2D eigenvalue weighted by Gasteiger charge is -2.36. The molecule has 3 aromatic rings. The van der Waals surface area contributed by atoms with E-state index in [9.17, 15) is 5.26 Å². The smallest absolute Gasteiger partial charge is 0.230 e. The number of nitriles is 1. The minimum atomic E-state index is -1.80. The van der Waals surface area contributed by atoms with E-state index >= 15 is 0 Å². The number of anilines is 2. The van der Waals surface area contributed by atoms with E-state index in [4.69, 9.17) is 9.41 Å². The van der Waals surface area contributed by atoms with E-state index in [2.05, 4.69) is 59.8 Å². The first-order valence-electron chi connectivity index (χ1n) is 11.3. The van der Waals surface area contributed by atoms with Crippen LogP contribution < -0.4 is 5.32 Å². The van der Waals surface area contributed by atoms with Gasteiger partial charge in [0.15, 0.2) is 8.32 Å². The zero-order chi connectivity index (χ0) is 22.9. The zero-order valence-corrected chi connectivity index (χ0v) is 20.6. The number of fused-ring (bicyclic) bond motifs is 1. The van der Waals surface area contributed by atoms with Crippen molar-refractivity contribution in [3.63, 3.8) is 0 Å². The summed E-state index contributed by atoms with van der Waals surface area (Å²) < 4.78 is 8.37. The fourth-order valence-electron chi connectivity index (χ4n) is 3.86. The molecule has 0 spiro atoms. The van der Waals surface area contributed by atoms with Gasteiger partial charge < -0.3 is 14.3 Å².